The first kappa shape index (κ1) is 12.0. The van der Waals surface area contributed by atoms with Crippen LogP contribution in [0.3, 0.4) is 0 Å². The maximum atomic E-state index is 7.12. The lowest BCUT2D eigenvalue weighted by molar-refractivity contribution is 0.467. The number of nitrogens with zero attached hydrogens (tertiary/aromatic N) is 2. The Morgan fingerprint density at radius 1 is 1.60 bits per heavy atom. The molecule has 82 valence electrons. The molecule has 1 aromatic rings. The molecule has 0 aliphatic heterocycles. The van der Waals surface area contributed by atoms with E-state index in [-0.39, 0.29) is 0 Å². The summed E-state index contributed by atoms with van der Waals surface area (Å²) in [5, 5.41) is 10.3. The summed E-state index contributed by atoms with van der Waals surface area (Å²) < 4.78 is 0.975. The number of pyridine rings is 1. The van der Waals surface area contributed by atoms with Gasteiger partial charge in [-0.1, -0.05) is 0 Å². The Kier molecular flexibility index (Phi) is 5.10. The van der Waals surface area contributed by atoms with E-state index in [0.29, 0.717) is 0 Å². The number of anilines is 1. The molecule has 0 saturated heterocycles. The van der Waals surface area contributed by atoms with Crippen LogP contribution in [0.25, 0.3) is 0 Å². The van der Waals surface area contributed by atoms with Gasteiger partial charge in [0.05, 0.1) is 6.34 Å². The van der Waals surface area contributed by atoms with E-state index in [9.17, 15) is 0 Å². The average Bonchev–Trinajstić information content (AvgIpc) is 2.27. The highest BCUT2D eigenvalue weighted by Crippen LogP contribution is 2.09. The van der Waals surface area contributed by atoms with Crippen LogP contribution in [-0.4, -0.2) is 35.9 Å². The van der Waals surface area contributed by atoms with E-state index in [1.807, 2.05) is 24.0 Å². The Balaban J connectivity index is 2.31. The first-order valence-corrected chi connectivity index (χ1v) is 5.65. The third-order valence-electron chi connectivity index (χ3n) is 2.02. The van der Waals surface area contributed by atoms with E-state index in [4.69, 9.17) is 5.41 Å². The molecule has 0 aromatic carbocycles. The van der Waals surface area contributed by atoms with Gasteiger partial charge >= 0.3 is 0 Å². The molecule has 0 aliphatic carbocycles. The number of hydrogen-bond acceptors (Lipinski definition) is 3. The van der Waals surface area contributed by atoms with Crippen molar-refractivity contribution in [3.63, 3.8) is 0 Å². The molecule has 2 N–H and O–H groups in total. The molecule has 0 unspecified atom stereocenters. The number of rotatable bonds is 6. The minimum atomic E-state index is 0.790. The SMILES string of the molecule is CCN(C=N)CCNc1ccc(Br)cn1. The van der Waals surface area contributed by atoms with Gasteiger partial charge in [-0.3, -0.25) is 5.41 Å². The van der Waals surface area contributed by atoms with Gasteiger partial charge in [-0.15, -0.1) is 0 Å². The number of aromatic nitrogens is 1. The van der Waals surface area contributed by atoms with Gasteiger partial charge in [0, 0.05) is 30.3 Å². The molecule has 0 fully saturated rings. The fraction of sp³-hybridized carbons (Fsp3) is 0.400. The first-order valence-electron chi connectivity index (χ1n) is 4.86. The largest absolute Gasteiger partial charge is 0.368 e. The average molecular weight is 271 g/mol. The van der Waals surface area contributed by atoms with Crippen LogP contribution in [0, 0.1) is 5.41 Å². The van der Waals surface area contributed by atoms with Crippen LogP contribution in [0.1, 0.15) is 6.92 Å². The van der Waals surface area contributed by atoms with Crippen LogP contribution in [0.2, 0.25) is 0 Å². The van der Waals surface area contributed by atoms with Crippen LogP contribution >= 0.6 is 15.9 Å². The van der Waals surface area contributed by atoms with Crippen molar-refractivity contribution in [3.8, 4) is 0 Å². The Morgan fingerprint density at radius 2 is 2.40 bits per heavy atom. The lowest BCUT2D eigenvalue weighted by Gasteiger charge is -2.16. The molecule has 0 bridgehead atoms. The van der Waals surface area contributed by atoms with Crippen LogP contribution in [0.4, 0.5) is 5.82 Å². The molecule has 0 radical (unpaired) electrons. The fourth-order valence-electron chi connectivity index (χ4n) is 1.12. The highest BCUT2D eigenvalue weighted by molar-refractivity contribution is 9.10. The monoisotopic (exact) mass is 270 g/mol. The van der Waals surface area contributed by atoms with Gasteiger partial charge in [-0.05, 0) is 35.0 Å². The normalized spacial score (nSPS) is 9.73. The van der Waals surface area contributed by atoms with Crippen molar-refractivity contribution in [2.75, 3.05) is 25.0 Å². The summed E-state index contributed by atoms with van der Waals surface area (Å²) in [6.45, 7) is 4.50. The summed E-state index contributed by atoms with van der Waals surface area (Å²) in [4.78, 5) is 6.12. The quantitative estimate of drug-likeness (QED) is 0.616. The van der Waals surface area contributed by atoms with Gasteiger partial charge in [-0.25, -0.2) is 4.98 Å². The second-order valence-electron chi connectivity index (χ2n) is 3.05. The summed E-state index contributed by atoms with van der Waals surface area (Å²) in [6, 6.07) is 3.87. The highest BCUT2D eigenvalue weighted by atomic mass is 79.9. The first-order chi connectivity index (χ1) is 7.26. The van der Waals surface area contributed by atoms with Crippen LogP contribution < -0.4 is 5.32 Å². The lowest BCUT2D eigenvalue weighted by Crippen LogP contribution is -2.27. The molecule has 0 amide bonds. The van der Waals surface area contributed by atoms with Gasteiger partial charge < -0.3 is 10.2 Å². The predicted octanol–water partition coefficient (Wildman–Crippen LogP) is 2.18. The minimum absolute atomic E-state index is 0.790. The van der Waals surface area contributed by atoms with Gasteiger partial charge in [0.2, 0.25) is 0 Å². The van der Waals surface area contributed by atoms with E-state index in [2.05, 4.69) is 26.2 Å². The molecule has 0 aliphatic rings. The lowest BCUT2D eigenvalue weighted by atomic mass is 10.4. The smallest absolute Gasteiger partial charge is 0.126 e. The number of halogens is 1. The van der Waals surface area contributed by atoms with Crippen molar-refractivity contribution in [2.45, 2.75) is 6.92 Å². The van der Waals surface area contributed by atoms with Crippen molar-refractivity contribution >= 4 is 28.1 Å². The third kappa shape index (κ3) is 4.29. The molecule has 1 rings (SSSR count). The highest BCUT2D eigenvalue weighted by Gasteiger charge is 1.96. The van der Waals surface area contributed by atoms with E-state index in [1.54, 1.807) is 6.20 Å². The second kappa shape index (κ2) is 6.40. The Bertz CT molecular complexity index is 299. The predicted molar refractivity (Wildman–Crippen MR) is 66.5 cm³/mol. The summed E-state index contributed by atoms with van der Waals surface area (Å²) in [5.41, 5.74) is 0. The van der Waals surface area contributed by atoms with Gasteiger partial charge in [0.25, 0.3) is 0 Å². The fourth-order valence-corrected chi connectivity index (χ4v) is 1.36. The number of nitrogens with one attached hydrogen (secondary N) is 2. The molecule has 5 heteroatoms. The van der Waals surface area contributed by atoms with Crippen LogP contribution in [0.5, 0.6) is 0 Å². The second-order valence-corrected chi connectivity index (χ2v) is 3.96. The summed E-state index contributed by atoms with van der Waals surface area (Å²) in [7, 11) is 0. The van der Waals surface area contributed by atoms with Gasteiger partial charge in [0.15, 0.2) is 0 Å². The van der Waals surface area contributed by atoms with Crippen LogP contribution in [-0.2, 0) is 0 Å². The summed E-state index contributed by atoms with van der Waals surface area (Å²) in [5.74, 6) is 0.860. The maximum absolute atomic E-state index is 7.12. The van der Waals surface area contributed by atoms with Crippen molar-refractivity contribution in [3.05, 3.63) is 22.8 Å². The number of hydrogen-bond donors (Lipinski definition) is 2. The van der Waals surface area contributed by atoms with Crippen molar-refractivity contribution in [2.24, 2.45) is 0 Å². The molecule has 0 atom stereocenters. The van der Waals surface area contributed by atoms with E-state index in [0.717, 1.165) is 29.9 Å². The molecular formula is C10H15BrN4. The maximum Gasteiger partial charge on any atom is 0.126 e. The van der Waals surface area contributed by atoms with Gasteiger partial charge in [-0.2, -0.15) is 0 Å². The Hall–Kier alpha value is -1.10. The molecule has 4 nitrogen and oxygen atoms in total. The third-order valence-corrected chi connectivity index (χ3v) is 2.49. The topological polar surface area (TPSA) is 52.0 Å². The van der Waals surface area contributed by atoms with Gasteiger partial charge in [0.1, 0.15) is 5.82 Å². The Morgan fingerprint density at radius 3 is 2.93 bits per heavy atom. The zero-order valence-corrected chi connectivity index (χ0v) is 10.3. The molecule has 0 saturated carbocycles. The molecular weight excluding hydrogens is 256 g/mol. The van der Waals surface area contributed by atoms with E-state index in [1.165, 1.54) is 6.34 Å². The van der Waals surface area contributed by atoms with E-state index >= 15 is 0 Å². The zero-order valence-electron chi connectivity index (χ0n) is 8.70. The van der Waals surface area contributed by atoms with Crippen molar-refractivity contribution in [1.29, 1.82) is 5.41 Å². The van der Waals surface area contributed by atoms with Crippen molar-refractivity contribution < 1.29 is 0 Å². The zero-order chi connectivity index (χ0) is 11.1. The minimum Gasteiger partial charge on any atom is -0.368 e. The van der Waals surface area contributed by atoms with Crippen molar-refractivity contribution in [1.82, 2.24) is 9.88 Å². The summed E-state index contributed by atoms with van der Waals surface area (Å²) >= 11 is 3.33. The molecule has 1 aromatic heterocycles. The molecule has 1 heterocycles. The molecule has 0 spiro atoms. The molecule has 15 heavy (non-hydrogen) atoms. The number of likely N-dealkylation sites (N-methyl/N-ethyl adjacent to an activating group) is 1. The summed E-state index contributed by atoms with van der Waals surface area (Å²) in [6.07, 6.45) is 3.12. The Labute approximate surface area is 98.3 Å². The van der Waals surface area contributed by atoms with E-state index < -0.39 is 0 Å². The van der Waals surface area contributed by atoms with Crippen LogP contribution in [0.15, 0.2) is 22.8 Å². The standard InChI is InChI=1S/C10H15BrN4/c1-2-15(8-12)6-5-13-10-4-3-9(11)7-14-10/h3-4,7-8,12H,2,5-6H2,1H3,(H,13,14).